The topological polar surface area (TPSA) is 70.5 Å². The molecule has 5 nitrogen and oxygen atoms in total. The third-order valence-electron chi connectivity index (χ3n) is 2.40. The number of aromatic nitrogens is 1. The Balaban J connectivity index is 2.75. The second kappa shape index (κ2) is 6.74. The van der Waals surface area contributed by atoms with Gasteiger partial charge in [0.15, 0.2) is 0 Å². The first-order chi connectivity index (χ1) is 8.50. The average Bonchev–Trinajstić information content (AvgIpc) is 2.34. The Morgan fingerprint density at radius 3 is 2.44 bits per heavy atom. The fourth-order valence-corrected chi connectivity index (χ4v) is 1.62. The van der Waals surface area contributed by atoms with Crippen LogP contribution in [0.3, 0.4) is 0 Å². The van der Waals surface area contributed by atoms with Gasteiger partial charge in [0.25, 0.3) is 5.91 Å². The van der Waals surface area contributed by atoms with Crippen molar-refractivity contribution in [3.05, 3.63) is 30.1 Å². The number of nitrogens with zero attached hydrogens (tertiary/aromatic N) is 2. The summed E-state index contributed by atoms with van der Waals surface area (Å²) < 4.78 is 0. The molecule has 0 aliphatic rings. The monoisotopic (exact) mass is 250 g/mol. The fraction of sp³-hybridized carbons (Fsp3) is 0.462. The van der Waals surface area contributed by atoms with Crippen molar-refractivity contribution in [2.24, 2.45) is 5.92 Å². The third-order valence-corrected chi connectivity index (χ3v) is 2.40. The Labute approximate surface area is 106 Å². The van der Waals surface area contributed by atoms with Crippen LogP contribution in [0.2, 0.25) is 0 Å². The molecule has 0 unspecified atom stereocenters. The van der Waals surface area contributed by atoms with Gasteiger partial charge in [0.05, 0.1) is 6.42 Å². The first-order valence-electron chi connectivity index (χ1n) is 5.91. The molecule has 0 saturated heterocycles. The molecule has 1 amide bonds. The van der Waals surface area contributed by atoms with E-state index in [4.69, 9.17) is 5.11 Å². The zero-order valence-electron chi connectivity index (χ0n) is 10.7. The quantitative estimate of drug-likeness (QED) is 0.833. The number of hydrogen-bond acceptors (Lipinski definition) is 3. The smallest absolute Gasteiger partial charge is 0.305 e. The molecule has 0 aliphatic carbocycles. The maximum atomic E-state index is 12.2. The maximum absolute atomic E-state index is 12.2. The Morgan fingerprint density at radius 2 is 1.94 bits per heavy atom. The fourth-order valence-electron chi connectivity index (χ4n) is 1.62. The molecule has 0 radical (unpaired) electrons. The lowest BCUT2D eigenvalue weighted by Gasteiger charge is -2.24. The highest BCUT2D eigenvalue weighted by Crippen LogP contribution is 2.07. The Kier molecular flexibility index (Phi) is 5.30. The van der Waals surface area contributed by atoms with E-state index in [9.17, 15) is 9.59 Å². The number of carbonyl (C=O) groups excluding carboxylic acids is 1. The van der Waals surface area contributed by atoms with Crippen LogP contribution in [-0.2, 0) is 4.79 Å². The number of carboxylic acids is 1. The van der Waals surface area contributed by atoms with Gasteiger partial charge < -0.3 is 10.0 Å². The van der Waals surface area contributed by atoms with Crippen LogP contribution in [-0.4, -0.2) is 40.0 Å². The highest BCUT2D eigenvalue weighted by molar-refractivity contribution is 5.94. The molecule has 5 heteroatoms. The van der Waals surface area contributed by atoms with Crippen LogP contribution >= 0.6 is 0 Å². The molecule has 1 N–H and O–H groups in total. The van der Waals surface area contributed by atoms with Crippen molar-refractivity contribution in [1.82, 2.24) is 9.88 Å². The van der Waals surface area contributed by atoms with Gasteiger partial charge in [-0.05, 0) is 18.1 Å². The molecule has 0 atom stereocenters. The number of aliphatic carboxylic acids is 1. The van der Waals surface area contributed by atoms with Crippen molar-refractivity contribution in [3.8, 4) is 0 Å². The van der Waals surface area contributed by atoms with Crippen LogP contribution in [0.5, 0.6) is 0 Å². The van der Waals surface area contributed by atoms with Crippen molar-refractivity contribution in [2.45, 2.75) is 20.3 Å². The van der Waals surface area contributed by atoms with Gasteiger partial charge in [-0.1, -0.05) is 13.8 Å². The molecular formula is C13H18N2O3. The predicted molar refractivity (Wildman–Crippen MR) is 67.2 cm³/mol. The first-order valence-corrected chi connectivity index (χ1v) is 5.91. The van der Waals surface area contributed by atoms with Gasteiger partial charge in [0.1, 0.15) is 0 Å². The lowest BCUT2D eigenvalue weighted by Crippen LogP contribution is -2.35. The first kappa shape index (κ1) is 14.2. The van der Waals surface area contributed by atoms with Crippen LogP contribution in [0.1, 0.15) is 30.6 Å². The molecule has 0 bridgehead atoms. The predicted octanol–water partition coefficient (Wildman–Crippen LogP) is 1.65. The van der Waals surface area contributed by atoms with E-state index in [1.54, 1.807) is 29.4 Å². The Hall–Kier alpha value is -1.91. The van der Waals surface area contributed by atoms with Crippen LogP contribution in [0, 0.1) is 5.92 Å². The number of pyridine rings is 1. The number of rotatable bonds is 6. The standard InChI is InChI=1S/C13H18N2O3/c1-10(2)9-15(8-5-12(16)17)13(18)11-3-6-14-7-4-11/h3-4,6-7,10H,5,8-9H2,1-2H3,(H,16,17). The van der Waals surface area contributed by atoms with Gasteiger partial charge in [0.2, 0.25) is 0 Å². The van der Waals surface area contributed by atoms with Crippen molar-refractivity contribution in [1.29, 1.82) is 0 Å². The van der Waals surface area contributed by atoms with E-state index in [2.05, 4.69) is 4.98 Å². The minimum atomic E-state index is -0.897. The molecule has 18 heavy (non-hydrogen) atoms. The summed E-state index contributed by atoms with van der Waals surface area (Å²) in [5.74, 6) is -0.747. The molecule has 0 aliphatic heterocycles. The highest BCUT2D eigenvalue weighted by Gasteiger charge is 2.17. The SMILES string of the molecule is CC(C)CN(CCC(=O)O)C(=O)c1ccncc1. The Bertz CT molecular complexity index is 404. The molecule has 1 aromatic heterocycles. The zero-order chi connectivity index (χ0) is 13.5. The van der Waals surface area contributed by atoms with E-state index in [1.165, 1.54) is 0 Å². The van der Waals surface area contributed by atoms with Gasteiger partial charge in [-0.3, -0.25) is 14.6 Å². The van der Waals surface area contributed by atoms with Gasteiger partial charge in [-0.2, -0.15) is 0 Å². The van der Waals surface area contributed by atoms with Gasteiger partial charge in [-0.15, -0.1) is 0 Å². The highest BCUT2D eigenvalue weighted by atomic mass is 16.4. The van der Waals surface area contributed by atoms with E-state index in [-0.39, 0.29) is 18.9 Å². The number of hydrogen-bond donors (Lipinski definition) is 1. The molecule has 0 saturated carbocycles. The largest absolute Gasteiger partial charge is 0.481 e. The molecule has 0 spiro atoms. The van der Waals surface area contributed by atoms with E-state index in [0.717, 1.165) is 0 Å². The van der Waals surface area contributed by atoms with Crippen molar-refractivity contribution >= 4 is 11.9 Å². The van der Waals surface area contributed by atoms with Gasteiger partial charge >= 0.3 is 5.97 Å². The summed E-state index contributed by atoms with van der Waals surface area (Å²) in [6, 6.07) is 3.27. The number of carboxylic acid groups (broad SMARTS) is 1. The lowest BCUT2D eigenvalue weighted by molar-refractivity contribution is -0.137. The van der Waals surface area contributed by atoms with E-state index in [1.807, 2.05) is 13.8 Å². The molecule has 1 rings (SSSR count). The summed E-state index contributed by atoms with van der Waals surface area (Å²) >= 11 is 0. The summed E-state index contributed by atoms with van der Waals surface area (Å²) in [6.07, 6.45) is 3.07. The second-order valence-corrected chi connectivity index (χ2v) is 4.52. The van der Waals surface area contributed by atoms with Crippen molar-refractivity contribution in [3.63, 3.8) is 0 Å². The minimum Gasteiger partial charge on any atom is -0.481 e. The normalized spacial score (nSPS) is 10.4. The average molecular weight is 250 g/mol. The van der Waals surface area contributed by atoms with Crippen LogP contribution < -0.4 is 0 Å². The van der Waals surface area contributed by atoms with Gasteiger partial charge in [-0.25, -0.2) is 0 Å². The number of amides is 1. The van der Waals surface area contributed by atoms with Crippen LogP contribution in [0.15, 0.2) is 24.5 Å². The van der Waals surface area contributed by atoms with Crippen LogP contribution in [0.25, 0.3) is 0 Å². The summed E-state index contributed by atoms with van der Waals surface area (Å²) in [4.78, 5) is 28.2. The minimum absolute atomic E-state index is 0.0382. The lowest BCUT2D eigenvalue weighted by atomic mass is 10.1. The molecular weight excluding hydrogens is 232 g/mol. The molecule has 1 heterocycles. The summed E-state index contributed by atoms with van der Waals surface area (Å²) in [5.41, 5.74) is 0.538. The second-order valence-electron chi connectivity index (χ2n) is 4.52. The van der Waals surface area contributed by atoms with E-state index >= 15 is 0 Å². The van der Waals surface area contributed by atoms with Gasteiger partial charge in [0, 0.05) is 31.0 Å². The molecule has 1 aromatic rings. The number of carbonyl (C=O) groups is 2. The summed E-state index contributed by atoms with van der Waals surface area (Å²) in [5, 5.41) is 8.70. The van der Waals surface area contributed by atoms with E-state index < -0.39 is 5.97 Å². The zero-order valence-corrected chi connectivity index (χ0v) is 10.7. The summed E-state index contributed by atoms with van der Waals surface area (Å²) in [7, 11) is 0. The molecule has 0 fully saturated rings. The maximum Gasteiger partial charge on any atom is 0.305 e. The summed E-state index contributed by atoms with van der Waals surface area (Å²) in [6.45, 7) is 4.77. The molecule has 0 aromatic carbocycles. The van der Waals surface area contributed by atoms with Crippen molar-refractivity contribution in [2.75, 3.05) is 13.1 Å². The van der Waals surface area contributed by atoms with E-state index in [0.29, 0.717) is 18.0 Å². The van der Waals surface area contributed by atoms with Crippen molar-refractivity contribution < 1.29 is 14.7 Å². The third kappa shape index (κ3) is 4.53. The Morgan fingerprint density at radius 1 is 1.33 bits per heavy atom. The van der Waals surface area contributed by atoms with Crippen LogP contribution in [0.4, 0.5) is 0 Å². The molecule has 98 valence electrons.